The van der Waals surface area contributed by atoms with Crippen molar-refractivity contribution in [3.05, 3.63) is 35.7 Å². The van der Waals surface area contributed by atoms with Crippen LogP contribution >= 0.6 is 0 Å². The van der Waals surface area contributed by atoms with E-state index in [4.69, 9.17) is 4.52 Å². The smallest absolute Gasteiger partial charge is 0.241 e. The maximum absolute atomic E-state index is 12.7. The Morgan fingerprint density at radius 1 is 1.17 bits per heavy atom. The van der Waals surface area contributed by atoms with E-state index in [9.17, 15) is 4.79 Å². The van der Waals surface area contributed by atoms with E-state index in [1.807, 2.05) is 31.2 Å². The zero-order valence-corrected chi connectivity index (χ0v) is 18.3. The van der Waals surface area contributed by atoms with E-state index in [-0.39, 0.29) is 17.9 Å². The van der Waals surface area contributed by atoms with Gasteiger partial charge in [-0.1, -0.05) is 57.1 Å². The van der Waals surface area contributed by atoms with Gasteiger partial charge in [-0.2, -0.15) is 4.98 Å². The number of hydrogen-bond donors (Lipinski definition) is 1. The lowest BCUT2D eigenvalue weighted by atomic mass is 9.90. The van der Waals surface area contributed by atoms with Crippen molar-refractivity contribution in [1.29, 1.82) is 0 Å². The molecule has 0 saturated carbocycles. The molecule has 1 amide bonds. The summed E-state index contributed by atoms with van der Waals surface area (Å²) in [5.41, 5.74) is 2.13. The van der Waals surface area contributed by atoms with Crippen LogP contribution in [0.15, 0.2) is 28.8 Å². The number of rotatable bonds is 7. The van der Waals surface area contributed by atoms with Gasteiger partial charge in [0.05, 0.1) is 6.54 Å². The van der Waals surface area contributed by atoms with Crippen LogP contribution in [0.3, 0.4) is 0 Å². The number of carbonyl (C=O) groups excluding carboxylic acids is 1. The molecule has 3 rings (SSSR count). The van der Waals surface area contributed by atoms with E-state index in [1.54, 1.807) is 0 Å². The molecule has 1 aliphatic rings. The van der Waals surface area contributed by atoms with E-state index in [2.05, 4.69) is 48.1 Å². The molecule has 2 heterocycles. The highest BCUT2D eigenvalue weighted by Gasteiger charge is 2.29. The first-order chi connectivity index (χ1) is 13.8. The molecule has 0 atom stereocenters. The van der Waals surface area contributed by atoms with Crippen molar-refractivity contribution in [1.82, 2.24) is 20.4 Å². The van der Waals surface area contributed by atoms with Crippen molar-refractivity contribution in [3.63, 3.8) is 0 Å². The fraction of sp³-hybridized carbons (Fsp3) is 0.609. The maximum Gasteiger partial charge on any atom is 0.241 e. The first kappa shape index (κ1) is 21.5. The van der Waals surface area contributed by atoms with Gasteiger partial charge in [0.1, 0.15) is 0 Å². The van der Waals surface area contributed by atoms with Crippen LogP contribution < -0.4 is 5.32 Å². The number of amides is 1. The van der Waals surface area contributed by atoms with Crippen LogP contribution in [0.4, 0.5) is 0 Å². The zero-order chi connectivity index (χ0) is 21.0. The van der Waals surface area contributed by atoms with Gasteiger partial charge in [0.2, 0.25) is 17.6 Å². The second kappa shape index (κ2) is 9.53. The van der Waals surface area contributed by atoms with Crippen LogP contribution in [0.1, 0.15) is 52.0 Å². The molecule has 0 unspecified atom stereocenters. The number of piperidine rings is 1. The van der Waals surface area contributed by atoms with E-state index in [1.165, 1.54) is 0 Å². The predicted molar refractivity (Wildman–Crippen MR) is 114 cm³/mol. The monoisotopic (exact) mass is 398 g/mol. The van der Waals surface area contributed by atoms with Crippen LogP contribution in [0.2, 0.25) is 0 Å². The SMILES string of the molecule is Cc1ccccc1-c1noc(CN2CCC(C(=O)NC(C(C)C)C(C)C)CC2)n1. The number of nitrogens with one attached hydrogen (secondary N) is 1. The number of hydrogen-bond acceptors (Lipinski definition) is 5. The highest BCUT2D eigenvalue weighted by molar-refractivity contribution is 5.79. The average Bonchev–Trinajstić information content (AvgIpc) is 3.14. The van der Waals surface area contributed by atoms with Gasteiger partial charge in [0, 0.05) is 17.5 Å². The molecule has 0 spiro atoms. The molecule has 0 aliphatic carbocycles. The molecule has 6 heteroatoms. The van der Waals surface area contributed by atoms with Crippen molar-refractivity contribution < 1.29 is 9.32 Å². The Morgan fingerprint density at radius 2 is 1.83 bits per heavy atom. The van der Waals surface area contributed by atoms with Crippen LogP contribution in [0.5, 0.6) is 0 Å². The number of aryl methyl sites for hydroxylation is 1. The summed E-state index contributed by atoms with van der Waals surface area (Å²) in [5, 5.41) is 7.42. The Bertz CT molecular complexity index is 799. The van der Waals surface area contributed by atoms with E-state index < -0.39 is 0 Å². The number of aromatic nitrogens is 2. The first-order valence-corrected chi connectivity index (χ1v) is 10.8. The van der Waals surface area contributed by atoms with E-state index in [0.717, 1.165) is 37.1 Å². The van der Waals surface area contributed by atoms with Gasteiger partial charge >= 0.3 is 0 Å². The van der Waals surface area contributed by atoms with Gasteiger partial charge in [-0.05, 0) is 50.3 Å². The summed E-state index contributed by atoms with van der Waals surface area (Å²) in [7, 11) is 0. The number of nitrogens with zero attached hydrogens (tertiary/aromatic N) is 3. The molecule has 29 heavy (non-hydrogen) atoms. The summed E-state index contributed by atoms with van der Waals surface area (Å²) in [5.74, 6) is 2.46. The molecule has 0 radical (unpaired) electrons. The van der Waals surface area contributed by atoms with Gasteiger partial charge in [-0.15, -0.1) is 0 Å². The summed E-state index contributed by atoms with van der Waals surface area (Å²) >= 11 is 0. The number of likely N-dealkylation sites (tertiary alicyclic amines) is 1. The summed E-state index contributed by atoms with van der Waals surface area (Å²) in [6.45, 7) is 13.1. The van der Waals surface area contributed by atoms with Crippen LogP contribution in [0, 0.1) is 24.7 Å². The quantitative estimate of drug-likeness (QED) is 0.762. The first-order valence-electron chi connectivity index (χ1n) is 10.8. The van der Waals surface area contributed by atoms with Gasteiger partial charge in [-0.3, -0.25) is 9.69 Å². The van der Waals surface area contributed by atoms with Crippen LogP contribution in [-0.4, -0.2) is 40.1 Å². The number of benzene rings is 1. The summed E-state index contributed by atoms with van der Waals surface area (Å²) in [6.07, 6.45) is 1.74. The molecule has 1 N–H and O–H groups in total. The Kier molecular flexibility index (Phi) is 7.06. The van der Waals surface area contributed by atoms with Crippen molar-refractivity contribution in [3.8, 4) is 11.4 Å². The van der Waals surface area contributed by atoms with Gasteiger partial charge in [-0.25, -0.2) is 0 Å². The molecular weight excluding hydrogens is 364 g/mol. The third-order valence-corrected chi connectivity index (χ3v) is 5.92. The van der Waals surface area contributed by atoms with Crippen LogP contribution in [-0.2, 0) is 11.3 Å². The molecule has 1 fully saturated rings. The van der Waals surface area contributed by atoms with Crippen LogP contribution in [0.25, 0.3) is 11.4 Å². The third-order valence-electron chi connectivity index (χ3n) is 5.92. The lowest BCUT2D eigenvalue weighted by Gasteiger charge is -2.33. The second-order valence-electron chi connectivity index (χ2n) is 8.90. The molecule has 1 saturated heterocycles. The molecule has 1 aromatic heterocycles. The topological polar surface area (TPSA) is 71.3 Å². The Balaban J connectivity index is 1.51. The maximum atomic E-state index is 12.7. The molecular formula is C23H34N4O2. The Labute approximate surface area is 174 Å². The third kappa shape index (κ3) is 5.44. The Morgan fingerprint density at radius 3 is 2.45 bits per heavy atom. The minimum atomic E-state index is 0.0939. The fourth-order valence-electron chi connectivity index (χ4n) is 4.18. The minimum absolute atomic E-state index is 0.0939. The Hall–Kier alpha value is -2.21. The van der Waals surface area contributed by atoms with Gasteiger partial charge in [0.25, 0.3) is 0 Å². The standard InChI is InChI=1S/C23H34N4O2/c1-15(2)21(16(3)4)25-23(28)18-10-12-27(13-11-18)14-20-24-22(26-29-20)19-9-7-6-8-17(19)5/h6-9,15-16,18,21H,10-14H2,1-5H3,(H,25,28). The van der Waals surface area contributed by atoms with Gasteiger partial charge < -0.3 is 9.84 Å². The molecule has 6 nitrogen and oxygen atoms in total. The van der Waals surface area contributed by atoms with Crippen molar-refractivity contribution in [2.24, 2.45) is 17.8 Å². The summed E-state index contributed by atoms with van der Waals surface area (Å²) in [6, 6.07) is 8.28. The van der Waals surface area contributed by atoms with Gasteiger partial charge in [0.15, 0.2) is 0 Å². The highest BCUT2D eigenvalue weighted by atomic mass is 16.5. The van der Waals surface area contributed by atoms with Crippen molar-refractivity contribution in [2.45, 2.75) is 60.0 Å². The highest BCUT2D eigenvalue weighted by Crippen LogP contribution is 2.23. The second-order valence-corrected chi connectivity index (χ2v) is 8.90. The molecule has 0 bridgehead atoms. The lowest BCUT2D eigenvalue weighted by Crippen LogP contribution is -2.47. The average molecular weight is 399 g/mol. The molecule has 158 valence electrons. The van der Waals surface area contributed by atoms with Crippen molar-refractivity contribution >= 4 is 5.91 Å². The minimum Gasteiger partial charge on any atom is -0.353 e. The molecule has 1 aliphatic heterocycles. The molecule has 1 aromatic carbocycles. The lowest BCUT2D eigenvalue weighted by molar-refractivity contribution is -0.127. The number of carbonyl (C=O) groups is 1. The zero-order valence-electron chi connectivity index (χ0n) is 18.3. The van der Waals surface area contributed by atoms with E-state index in [0.29, 0.717) is 30.1 Å². The fourth-order valence-corrected chi connectivity index (χ4v) is 4.18. The van der Waals surface area contributed by atoms with E-state index >= 15 is 0 Å². The normalized spacial score (nSPS) is 16.1. The van der Waals surface area contributed by atoms with Crippen molar-refractivity contribution in [2.75, 3.05) is 13.1 Å². The summed E-state index contributed by atoms with van der Waals surface area (Å²) < 4.78 is 5.47. The molecule has 2 aromatic rings. The predicted octanol–water partition coefficient (Wildman–Crippen LogP) is 4.05. The largest absolute Gasteiger partial charge is 0.353 e. The summed E-state index contributed by atoms with van der Waals surface area (Å²) in [4.78, 5) is 19.6.